The summed E-state index contributed by atoms with van der Waals surface area (Å²) in [5, 5.41) is 6.77. The Morgan fingerprint density at radius 3 is 2.74 bits per heavy atom. The molecule has 2 heterocycles. The molecule has 4 rings (SSSR count). The number of nitrogens with one attached hydrogen (secondary N) is 1. The number of hydrogen-bond donors (Lipinski definition) is 1. The molecule has 6 nitrogen and oxygen atoms in total. The van der Waals surface area contributed by atoms with Crippen molar-refractivity contribution in [2.75, 3.05) is 11.4 Å². The van der Waals surface area contributed by atoms with E-state index in [1.807, 2.05) is 30.3 Å². The van der Waals surface area contributed by atoms with Gasteiger partial charge in [0.2, 0.25) is 12.0 Å². The highest BCUT2D eigenvalue weighted by Gasteiger charge is 2.35. The summed E-state index contributed by atoms with van der Waals surface area (Å²) in [7, 11) is 0. The predicted octanol–water partition coefficient (Wildman–Crippen LogP) is 2.24. The van der Waals surface area contributed by atoms with Crippen LogP contribution in [0.5, 0.6) is 0 Å². The first-order chi connectivity index (χ1) is 13.1. The molecule has 1 saturated heterocycles. The molecule has 0 unspecified atom stereocenters. The van der Waals surface area contributed by atoms with Gasteiger partial charge in [-0.3, -0.25) is 9.59 Å². The molecule has 0 aromatic heterocycles. The quantitative estimate of drug-likeness (QED) is 0.901. The molecule has 2 aromatic carbocycles. The van der Waals surface area contributed by atoms with Crippen LogP contribution in [0, 0.1) is 5.82 Å². The van der Waals surface area contributed by atoms with Crippen molar-refractivity contribution in [3.63, 3.8) is 0 Å². The lowest BCUT2D eigenvalue weighted by Gasteiger charge is -2.18. The number of rotatable bonds is 4. The Hall–Kier alpha value is -3.22. The van der Waals surface area contributed by atoms with E-state index in [1.54, 1.807) is 17.0 Å². The molecule has 2 atom stereocenters. The fourth-order valence-electron chi connectivity index (χ4n) is 3.31. The highest BCUT2D eigenvalue weighted by molar-refractivity contribution is 6.04. The summed E-state index contributed by atoms with van der Waals surface area (Å²) in [6, 6.07) is 15.1. The van der Waals surface area contributed by atoms with Gasteiger partial charge in [0.15, 0.2) is 0 Å². The first kappa shape index (κ1) is 17.2. The Morgan fingerprint density at radius 1 is 1.15 bits per heavy atom. The Kier molecular flexibility index (Phi) is 4.58. The minimum Gasteiger partial charge on any atom is -0.382 e. The zero-order valence-electron chi connectivity index (χ0n) is 14.5. The maximum Gasteiger partial charge on any atom is 0.264 e. The van der Waals surface area contributed by atoms with Crippen molar-refractivity contribution in [2.45, 2.75) is 25.0 Å². The molecule has 0 bridgehead atoms. The number of hydrogen-bond acceptors (Lipinski definition) is 4. The minimum atomic E-state index is -0.774. The van der Waals surface area contributed by atoms with E-state index in [2.05, 4.69) is 10.5 Å². The number of carbonyl (C=O) groups is 2. The molecule has 2 aliphatic heterocycles. The molecule has 1 fully saturated rings. The number of anilines is 1. The highest BCUT2D eigenvalue weighted by Crippen LogP contribution is 2.22. The van der Waals surface area contributed by atoms with Crippen LogP contribution in [0.2, 0.25) is 0 Å². The summed E-state index contributed by atoms with van der Waals surface area (Å²) < 4.78 is 13.3. The van der Waals surface area contributed by atoms with Gasteiger partial charge in [0, 0.05) is 30.6 Å². The Morgan fingerprint density at radius 2 is 1.96 bits per heavy atom. The van der Waals surface area contributed by atoms with E-state index in [0.717, 1.165) is 5.69 Å². The van der Waals surface area contributed by atoms with Crippen LogP contribution in [-0.4, -0.2) is 36.2 Å². The van der Waals surface area contributed by atoms with Crippen molar-refractivity contribution in [1.82, 2.24) is 5.32 Å². The van der Waals surface area contributed by atoms with Crippen LogP contribution in [0.1, 0.15) is 18.4 Å². The third kappa shape index (κ3) is 3.67. The second-order valence-electron chi connectivity index (χ2n) is 6.60. The number of benzene rings is 2. The van der Waals surface area contributed by atoms with Crippen molar-refractivity contribution in [3.05, 3.63) is 66.0 Å². The van der Waals surface area contributed by atoms with Crippen LogP contribution >= 0.6 is 0 Å². The van der Waals surface area contributed by atoms with Gasteiger partial charge in [-0.25, -0.2) is 4.39 Å². The number of carbonyl (C=O) groups excluding carboxylic acids is 2. The van der Waals surface area contributed by atoms with Gasteiger partial charge >= 0.3 is 0 Å². The van der Waals surface area contributed by atoms with Gasteiger partial charge in [-0.05, 0) is 24.3 Å². The van der Waals surface area contributed by atoms with E-state index in [1.165, 1.54) is 12.1 Å². The van der Waals surface area contributed by atoms with E-state index in [4.69, 9.17) is 4.84 Å². The second kappa shape index (κ2) is 7.19. The van der Waals surface area contributed by atoms with Gasteiger partial charge in [-0.15, -0.1) is 0 Å². The SMILES string of the molecule is O=C(N[C@@H]1CC(=O)N(c2ccccc2)C1)[C@H]1CC(c2cccc(F)c2)=NO1. The number of oxime groups is 1. The van der Waals surface area contributed by atoms with Crippen LogP contribution in [0.15, 0.2) is 59.8 Å². The summed E-state index contributed by atoms with van der Waals surface area (Å²) in [5.74, 6) is -0.720. The van der Waals surface area contributed by atoms with E-state index >= 15 is 0 Å². The molecular weight excluding hydrogens is 349 g/mol. The Balaban J connectivity index is 1.35. The standard InChI is InChI=1S/C20H18FN3O3/c21-14-6-4-5-13(9-14)17-11-18(27-23-17)20(26)22-15-10-19(25)24(12-15)16-7-2-1-3-8-16/h1-9,15,18H,10-12H2,(H,22,26)/t15-,18-/m1/s1. The molecule has 2 amide bonds. The van der Waals surface area contributed by atoms with Crippen LogP contribution in [-0.2, 0) is 14.4 Å². The van der Waals surface area contributed by atoms with Crippen molar-refractivity contribution >= 4 is 23.2 Å². The average molecular weight is 367 g/mol. The van der Waals surface area contributed by atoms with Gasteiger partial charge < -0.3 is 15.1 Å². The van der Waals surface area contributed by atoms with Crippen molar-refractivity contribution in [2.24, 2.45) is 5.16 Å². The molecule has 0 spiro atoms. The summed E-state index contributed by atoms with van der Waals surface area (Å²) in [6.45, 7) is 0.416. The Bertz CT molecular complexity index is 900. The molecular formula is C20H18FN3O3. The number of para-hydroxylation sites is 1. The maximum atomic E-state index is 13.3. The van der Waals surface area contributed by atoms with Gasteiger partial charge in [0.25, 0.3) is 5.91 Å². The molecule has 1 N–H and O–H groups in total. The van der Waals surface area contributed by atoms with Gasteiger partial charge in [0.1, 0.15) is 5.82 Å². The molecule has 0 saturated carbocycles. The zero-order valence-corrected chi connectivity index (χ0v) is 14.5. The van der Waals surface area contributed by atoms with Crippen LogP contribution < -0.4 is 10.2 Å². The van der Waals surface area contributed by atoms with Crippen LogP contribution in [0.25, 0.3) is 0 Å². The Labute approximate surface area is 155 Å². The third-order valence-electron chi connectivity index (χ3n) is 4.66. The lowest BCUT2D eigenvalue weighted by molar-refractivity contribution is -0.131. The normalized spacial score (nSPS) is 21.7. The fourth-order valence-corrected chi connectivity index (χ4v) is 3.31. The first-order valence-corrected chi connectivity index (χ1v) is 8.74. The van der Waals surface area contributed by atoms with Gasteiger partial charge in [0.05, 0.1) is 11.8 Å². The molecule has 0 aliphatic carbocycles. The smallest absolute Gasteiger partial charge is 0.264 e. The molecule has 2 aliphatic rings. The summed E-state index contributed by atoms with van der Waals surface area (Å²) in [6.07, 6.45) is -0.271. The third-order valence-corrected chi connectivity index (χ3v) is 4.66. The molecule has 0 radical (unpaired) electrons. The molecule has 7 heteroatoms. The molecule has 27 heavy (non-hydrogen) atoms. The molecule has 138 valence electrons. The lowest BCUT2D eigenvalue weighted by Crippen LogP contribution is -2.42. The minimum absolute atomic E-state index is 0.0319. The van der Waals surface area contributed by atoms with E-state index in [9.17, 15) is 14.0 Å². The number of nitrogens with zero attached hydrogens (tertiary/aromatic N) is 2. The topological polar surface area (TPSA) is 71.0 Å². The van der Waals surface area contributed by atoms with Crippen molar-refractivity contribution in [3.8, 4) is 0 Å². The van der Waals surface area contributed by atoms with E-state index in [-0.39, 0.29) is 36.5 Å². The van der Waals surface area contributed by atoms with Crippen LogP contribution in [0.3, 0.4) is 0 Å². The first-order valence-electron chi connectivity index (χ1n) is 8.74. The second-order valence-corrected chi connectivity index (χ2v) is 6.60. The van der Waals surface area contributed by atoms with E-state index in [0.29, 0.717) is 17.8 Å². The summed E-state index contributed by atoms with van der Waals surface area (Å²) in [5.41, 5.74) is 1.94. The molecule has 2 aromatic rings. The van der Waals surface area contributed by atoms with Crippen molar-refractivity contribution < 1.29 is 18.8 Å². The summed E-state index contributed by atoms with van der Waals surface area (Å²) in [4.78, 5) is 31.6. The summed E-state index contributed by atoms with van der Waals surface area (Å²) >= 11 is 0. The zero-order chi connectivity index (χ0) is 18.8. The van der Waals surface area contributed by atoms with Crippen molar-refractivity contribution in [1.29, 1.82) is 0 Å². The lowest BCUT2D eigenvalue weighted by atomic mass is 10.0. The predicted molar refractivity (Wildman–Crippen MR) is 97.8 cm³/mol. The highest BCUT2D eigenvalue weighted by atomic mass is 19.1. The monoisotopic (exact) mass is 367 g/mol. The van der Waals surface area contributed by atoms with Crippen LogP contribution in [0.4, 0.5) is 10.1 Å². The maximum absolute atomic E-state index is 13.3. The van der Waals surface area contributed by atoms with Gasteiger partial charge in [-0.2, -0.15) is 0 Å². The number of amides is 2. The fraction of sp³-hybridized carbons (Fsp3) is 0.250. The van der Waals surface area contributed by atoms with Gasteiger partial charge in [-0.1, -0.05) is 35.5 Å². The largest absolute Gasteiger partial charge is 0.382 e. The number of halogens is 1. The average Bonchev–Trinajstić information content (AvgIpc) is 3.29. The van der Waals surface area contributed by atoms with E-state index < -0.39 is 6.10 Å².